The van der Waals surface area contributed by atoms with E-state index in [0.29, 0.717) is 12.1 Å². The normalized spacial score (nSPS) is 12.4. The Labute approximate surface area is 124 Å². The molecule has 0 aliphatic heterocycles. The average Bonchev–Trinajstić information content (AvgIpc) is 2.47. The molecule has 0 aromatic heterocycles. The molecule has 0 saturated carbocycles. The summed E-state index contributed by atoms with van der Waals surface area (Å²) >= 11 is 0. The van der Waals surface area contributed by atoms with Gasteiger partial charge >= 0.3 is 0 Å². The van der Waals surface area contributed by atoms with E-state index in [-0.39, 0.29) is 17.7 Å². The third-order valence-electron chi connectivity index (χ3n) is 3.63. The summed E-state index contributed by atoms with van der Waals surface area (Å²) in [5.74, 6) is -0.442. The number of hydrogen-bond donors (Lipinski definition) is 1. The largest absolute Gasteiger partial charge is 0.384 e. The third kappa shape index (κ3) is 4.26. The summed E-state index contributed by atoms with van der Waals surface area (Å²) < 4.78 is 26.8. The fourth-order valence-corrected chi connectivity index (χ4v) is 2.22. The van der Waals surface area contributed by atoms with Crippen molar-refractivity contribution in [2.24, 2.45) is 0 Å². The Bertz CT molecular complexity index is 587. The van der Waals surface area contributed by atoms with Crippen LogP contribution in [0.3, 0.4) is 0 Å². The molecule has 0 heterocycles. The number of likely N-dealkylation sites (N-methyl/N-ethyl adjacent to an activating group) is 1. The molecule has 0 aliphatic rings. The molecule has 2 aromatic carbocycles. The molecule has 0 fully saturated rings. The Morgan fingerprint density at radius 3 is 2.57 bits per heavy atom. The SMILES string of the molecule is CC(c1ccccc1F)N(C)CCNc1cccc(F)c1. The van der Waals surface area contributed by atoms with E-state index in [4.69, 9.17) is 0 Å². The van der Waals surface area contributed by atoms with Gasteiger partial charge in [0.15, 0.2) is 0 Å². The van der Waals surface area contributed by atoms with Crippen LogP contribution >= 0.6 is 0 Å². The molecular formula is C17H20F2N2. The molecule has 0 spiro atoms. The van der Waals surface area contributed by atoms with Gasteiger partial charge in [-0.15, -0.1) is 0 Å². The highest BCUT2D eigenvalue weighted by molar-refractivity contribution is 5.42. The second-order valence-corrected chi connectivity index (χ2v) is 5.12. The Morgan fingerprint density at radius 2 is 1.86 bits per heavy atom. The van der Waals surface area contributed by atoms with Crippen LogP contribution in [0.25, 0.3) is 0 Å². The lowest BCUT2D eigenvalue weighted by Crippen LogP contribution is -2.28. The van der Waals surface area contributed by atoms with Crippen LogP contribution in [0.2, 0.25) is 0 Å². The third-order valence-corrected chi connectivity index (χ3v) is 3.63. The first-order chi connectivity index (χ1) is 10.1. The fourth-order valence-electron chi connectivity index (χ4n) is 2.22. The first kappa shape index (κ1) is 15.4. The van der Waals surface area contributed by atoms with Gasteiger partial charge in [0.05, 0.1) is 0 Å². The second kappa shape index (κ2) is 7.18. The number of nitrogens with zero attached hydrogens (tertiary/aromatic N) is 1. The Kier molecular flexibility index (Phi) is 5.28. The molecule has 1 N–H and O–H groups in total. The van der Waals surface area contributed by atoms with E-state index in [0.717, 1.165) is 12.2 Å². The summed E-state index contributed by atoms with van der Waals surface area (Å²) in [5, 5.41) is 3.16. The fraction of sp³-hybridized carbons (Fsp3) is 0.294. The van der Waals surface area contributed by atoms with Crippen LogP contribution in [0, 0.1) is 11.6 Å². The molecule has 21 heavy (non-hydrogen) atoms. The Morgan fingerprint density at radius 1 is 1.10 bits per heavy atom. The van der Waals surface area contributed by atoms with Crippen molar-refractivity contribution >= 4 is 5.69 Å². The molecule has 2 rings (SSSR count). The van der Waals surface area contributed by atoms with Crippen LogP contribution in [0.5, 0.6) is 0 Å². The van der Waals surface area contributed by atoms with Gasteiger partial charge in [-0.2, -0.15) is 0 Å². The highest BCUT2D eigenvalue weighted by Crippen LogP contribution is 2.21. The van der Waals surface area contributed by atoms with Crippen molar-refractivity contribution in [3.63, 3.8) is 0 Å². The summed E-state index contributed by atoms with van der Waals surface area (Å²) in [6, 6.07) is 13.2. The molecule has 0 radical (unpaired) electrons. The minimum absolute atomic E-state index is 0.0134. The second-order valence-electron chi connectivity index (χ2n) is 5.12. The number of rotatable bonds is 6. The maximum absolute atomic E-state index is 13.7. The van der Waals surface area contributed by atoms with E-state index >= 15 is 0 Å². The van der Waals surface area contributed by atoms with Gasteiger partial charge in [-0.3, -0.25) is 4.90 Å². The number of halogens is 2. The van der Waals surface area contributed by atoms with Crippen molar-refractivity contribution in [1.29, 1.82) is 0 Å². The molecule has 0 bridgehead atoms. The minimum atomic E-state index is -0.256. The van der Waals surface area contributed by atoms with E-state index in [1.165, 1.54) is 18.2 Å². The van der Waals surface area contributed by atoms with Gasteiger partial charge in [0.25, 0.3) is 0 Å². The van der Waals surface area contributed by atoms with Crippen molar-refractivity contribution in [3.05, 3.63) is 65.7 Å². The lowest BCUT2D eigenvalue weighted by Gasteiger charge is -2.25. The lowest BCUT2D eigenvalue weighted by molar-refractivity contribution is 0.266. The van der Waals surface area contributed by atoms with Gasteiger partial charge in [0, 0.05) is 30.4 Å². The Balaban J connectivity index is 1.87. The van der Waals surface area contributed by atoms with Crippen LogP contribution in [0.4, 0.5) is 14.5 Å². The van der Waals surface area contributed by atoms with E-state index < -0.39 is 0 Å². The number of hydrogen-bond acceptors (Lipinski definition) is 2. The highest BCUT2D eigenvalue weighted by atomic mass is 19.1. The predicted octanol–water partition coefficient (Wildman–Crippen LogP) is 4.07. The summed E-state index contributed by atoms with van der Waals surface area (Å²) in [6.07, 6.45) is 0. The van der Waals surface area contributed by atoms with E-state index in [1.54, 1.807) is 18.2 Å². The molecule has 4 heteroatoms. The van der Waals surface area contributed by atoms with Gasteiger partial charge in [-0.25, -0.2) is 8.78 Å². The minimum Gasteiger partial charge on any atom is -0.384 e. The number of anilines is 1. The summed E-state index contributed by atoms with van der Waals surface area (Å²) in [4.78, 5) is 2.06. The molecule has 1 unspecified atom stereocenters. The zero-order chi connectivity index (χ0) is 15.2. The van der Waals surface area contributed by atoms with Crippen molar-refractivity contribution in [2.45, 2.75) is 13.0 Å². The maximum atomic E-state index is 13.7. The highest BCUT2D eigenvalue weighted by Gasteiger charge is 2.14. The van der Waals surface area contributed by atoms with Crippen LogP contribution in [-0.4, -0.2) is 25.0 Å². The number of benzene rings is 2. The van der Waals surface area contributed by atoms with Gasteiger partial charge in [-0.1, -0.05) is 24.3 Å². The van der Waals surface area contributed by atoms with Gasteiger partial charge in [0.2, 0.25) is 0 Å². The average molecular weight is 290 g/mol. The molecule has 0 amide bonds. The van der Waals surface area contributed by atoms with Crippen molar-refractivity contribution in [3.8, 4) is 0 Å². The maximum Gasteiger partial charge on any atom is 0.127 e. The van der Waals surface area contributed by atoms with Crippen LogP contribution in [-0.2, 0) is 0 Å². The van der Waals surface area contributed by atoms with Gasteiger partial charge in [-0.05, 0) is 38.2 Å². The molecule has 0 saturated heterocycles. The molecule has 2 nitrogen and oxygen atoms in total. The van der Waals surface area contributed by atoms with Crippen LogP contribution < -0.4 is 5.32 Å². The topological polar surface area (TPSA) is 15.3 Å². The molecule has 1 atom stereocenters. The van der Waals surface area contributed by atoms with Crippen molar-refractivity contribution in [1.82, 2.24) is 4.90 Å². The van der Waals surface area contributed by atoms with E-state index in [2.05, 4.69) is 10.2 Å². The lowest BCUT2D eigenvalue weighted by atomic mass is 10.1. The summed E-state index contributed by atoms with van der Waals surface area (Å²) in [5.41, 5.74) is 1.44. The van der Waals surface area contributed by atoms with Gasteiger partial charge < -0.3 is 5.32 Å². The van der Waals surface area contributed by atoms with Crippen molar-refractivity contribution < 1.29 is 8.78 Å². The predicted molar refractivity (Wildman–Crippen MR) is 82.3 cm³/mol. The monoisotopic (exact) mass is 290 g/mol. The molecule has 2 aromatic rings. The first-order valence-corrected chi connectivity index (χ1v) is 7.02. The number of nitrogens with one attached hydrogen (secondary N) is 1. The standard InChI is InChI=1S/C17H20F2N2/c1-13(16-8-3-4-9-17(16)19)21(2)11-10-20-15-7-5-6-14(18)12-15/h3-9,12-13,20H,10-11H2,1-2H3. The molecular weight excluding hydrogens is 270 g/mol. The first-order valence-electron chi connectivity index (χ1n) is 7.02. The smallest absolute Gasteiger partial charge is 0.127 e. The summed E-state index contributed by atoms with van der Waals surface area (Å²) in [7, 11) is 1.95. The van der Waals surface area contributed by atoms with Crippen molar-refractivity contribution in [2.75, 3.05) is 25.5 Å². The van der Waals surface area contributed by atoms with Crippen LogP contribution in [0.1, 0.15) is 18.5 Å². The molecule has 112 valence electrons. The zero-order valence-electron chi connectivity index (χ0n) is 12.3. The summed E-state index contributed by atoms with van der Waals surface area (Å²) in [6.45, 7) is 3.37. The zero-order valence-corrected chi connectivity index (χ0v) is 12.3. The van der Waals surface area contributed by atoms with Gasteiger partial charge in [0.1, 0.15) is 11.6 Å². The quantitative estimate of drug-likeness (QED) is 0.862. The van der Waals surface area contributed by atoms with Crippen LogP contribution in [0.15, 0.2) is 48.5 Å². The van der Waals surface area contributed by atoms with E-state index in [1.807, 2.05) is 26.1 Å². The molecule has 0 aliphatic carbocycles. The van der Waals surface area contributed by atoms with E-state index in [9.17, 15) is 8.78 Å². The Hall–Kier alpha value is -1.94.